The van der Waals surface area contributed by atoms with E-state index in [9.17, 15) is 4.39 Å². The Balaban J connectivity index is 1.70. The lowest BCUT2D eigenvalue weighted by Crippen LogP contribution is -1.90. The molecule has 0 bridgehead atoms. The van der Waals surface area contributed by atoms with Crippen molar-refractivity contribution in [3.63, 3.8) is 0 Å². The normalized spacial score (nSPS) is 11.0. The van der Waals surface area contributed by atoms with E-state index in [1.54, 1.807) is 24.4 Å². The Bertz CT molecular complexity index is 799. The van der Waals surface area contributed by atoms with Gasteiger partial charge in [0.05, 0.1) is 11.9 Å². The molecule has 3 rings (SSSR count). The second-order valence-electron chi connectivity index (χ2n) is 4.44. The van der Waals surface area contributed by atoms with E-state index in [1.807, 2.05) is 23.6 Å². The second kappa shape index (κ2) is 6.68. The number of aromatic nitrogens is 1. The topological polar surface area (TPSA) is 37.3 Å². The number of hydrogen-bond acceptors (Lipinski definition) is 4. The molecule has 110 valence electrons. The van der Waals surface area contributed by atoms with Crippen molar-refractivity contribution in [2.75, 3.05) is 5.43 Å². The van der Waals surface area contributed by atoms with E-state index in [4.69, 9.17) is 11.6 Å². The smallest absolute Gasteiger partial charge is 0.203 e. The Labute approximate surface area is 136 Å². The summed E-state index contributed by atoms with van der Waals surface area (Å²) in [7, 11) is 0. The van der Waals surface area contributed by atoms with Crippen LogP contribution in [0.15, 0.2) is 59.0 Å². The molecule has 0 atom stereocenters. The Morgan fingerprint density at radius 3 is 2.68 bits per heavy atom. The van der Waals surface area contributed by atoms with Crippen LogP contribution in [-0.4, -0.2) is 11.2 Å². The van der Waals surface area contributed by atoms with Gasteiger partial charge in [-0.25, -0.2) is 9.37 Å². The third kappa shape index (κ3) is 3.50. The summed E-state index contributed by atoms with van der Waals surface area (Å²) in [5.74, 6) is -0.262. The summed E-state index contributed by atoms with van der Waals surface area (Å²) < 4.78 is 12.9. The quantitative estimate of drug-likeness (QED) is 0.536. The maximum atomic E-state index is 12.9. The zero-order valence-corrected chi connectivity index (χ0v) is 12.9. The van der Waals surface area contributed by atoms with Gasteiger partial charge in [-0.2, -0.15) is 5.10 Å². The van der Waals surface area contributed by atoms with Crippen LogP contribution in [0, 0.1) is 5.82 Å². The SMILES string of the molecule is Fc1ccc(-c2csc(N/N=C/c3ccccc3Cl)n2)cc1. The molecule has 6 heteroatoms. The molecular formula is C16H11ClFN3S. The average molecular weight is 332 g/mol. The first-order chi connectivity index (χ1) is 10.7. The van der Waals surface area contributed by atoms with Crippen molar-refractivity contribution in [2.24, 2.45) is 5.10 Å². The molecule has 0 radical (unpaired) electrons. The third-order valence-electron chi connectivity index (χ3n) is 2.91. The number of nitrogens with zero attached hydrogens (tertiary/aromatic N) is 2. The van der Waals surface area contributed by atoms with Crippen molar-refractivity contribution >= 4 is 34.3 Å². The highest BCUT2D eigenvalue weighted by molar-refractivity contribution is 7.14. The van der Waals surface area contributed by atoms with Gasteiger partial charge in [0.25, 0.3) is 0 Å². The zero-order valence-electron chi connectivity index (χ0n) is 11.3. The molecule has 0 saturated heterocycles. The highest BCUT2D eigenvalue weighted by Gasteiger charge is 2.04. The molecule has 0 aliphatic carbocycles. The van der Waals surface area contributed by atoms with Gasteiger partial charge in [0.2, 0.25) is 5.13 Å². The number of hydrogen-bond donors (Lipinski definition) is 1. The lowest BCUT2D eigenvalue weighted by atomic mass is 10.2. The number of hydrazone groups is 1. The van der Waals surface area contributed by atoms with Crippen molar-refractivity contribution in [1.29, 1.82) is 0 Å². The molecule has 1 aromatic heterocycles. The first-order valence-electron chi connectivity index (χ1n) is 6.47. The zero-order chi connectivity index (χ0) is 15.4. The van der Waals surface area contributed by atoms with Crippen LogP contribution in [-0.2, 0) is 0 Å². The molecule has 2 aromatic carbocycles. The molecule has 0 fully saturated rings. The Hall–Kier alpha value is -2.24. The molecule has 0 spiro atoms. The summed E-state index contributed by atoms with van der Waals surface area (Å²) in [6.07, 6.45) is 1.64. The predicted octanol–water partition coefficient (Wildman–Crippen LogP) is 5.05. The standard InChI is InChI=1S/C16H11ClFN3S/c17-14-4-2-1-3-12(14)9-19-21-16-20-15(10-22-16)11-5-7-13(18)8-6-11/h1-10H,(H,20,21)/b19-9+. The molecule has 3 aromatic rings. The maximum Gasteiger partial charge on any atom is 0.203 e. The van der Waals surface area contributed by atoms with E-state index in [-0.39, 0.29) is 5.82 Å². The lowest BCUT2D eigenvalue weighted by molar-refractivity contribution is 0.628. The summed E-state index contributed by atoms with van der Waals surface area (Å²) in [4.78, 5) is 4.40. The molecule has 22 heavy (non-hydrogen) atoms. The molecule has 3 nitrogen and oxygen atoms in total. The van der Waals surface area contributed by atoms with Crippen LogP contribution < -0.4 is 5.43 Å². The van der Waals surface area contributed by atoms with Gasteiger partial charge in [-0.15, -0.1) is 11.3 Å². The van der Waals surface area contributed by atoms with Gasteiger partial charge < -0.3 is 0 Å². The summed E-state index contributed by atoms with van der Waals surface area (Å²) >= 11 is 7.47. The van der Waals surface area contributed by atoms with Crippen LogP contribution in [0.4, 0.5) is 9.52 Å². The molecular weight excluding hydrogens is 321 g/mol. The fourth-order valence-electron chi connectivity index (χ4n) is 1.82. The third-order valence-corrected chi connectivity index (χ3v) is 4.00. The first kappa shape index (κ1) is 14.7. The van der Waals surface area contributed by atoms with Crippen LogP contribution in [0.2, 0.25) is 5.02 Å². The Kier molecular flexibility index (Phi) is 4.46. The van der Waals surface area contributed by atoms with Crippen LogP contribution >= 0.6 is 22.9 Å². The average Bonchev–Trinajstić information content (AvgIpc) is 2.99. The number of rotatable bonds is 4. The Morgan fingerprint density at radius 1 is 1.14 bits per heavy atom. The molecule has 1 heterocycles. The van der Waals surface area contributed by atoms with Gasteiger partial charge in [0, 0.05) is 21.5 Å². The summed E-state index contributed by atoms with van der Waals surface area (Å²) in [5, 5.41) is 7.31. The largest absolute Gasteiger partial charge is 0.253 e. The highest BCUT2D eigenvalue weighted by Crippen LogP contribution is 2.25. The van der Waals surface area contributed by atoms with Crippen molar-refractivity contribution < 1.29 is 4.39 Å². The van der Waals surface area contributed by atoms with E-state index >= 15 is 0 Å². The molecule has 0 amide bonds. The van der Waals surface area contributed by atoms with E-state index in [1.165, 1.54) is 23.5 Å². The van der Waals surface area contributed by atoms with Crippen molar-refractivity contribution in [3.8, 4) is 11.3 Å². The number of nitrogens with one attached hydrogen (secondary N) is 1. The highest BCUT2D eigenvalue weighted by atomic mass is 35.5. The first-order valence-corrected chi connectivity index (χ1v) is 7.73. The number of benzene rings is 2. The number of thiazole rings is 1. The van der Waals surface area contributed by atoms with Gasteiger partial charge in [-0.05, 0) is 30.3 Å². The Morgan fingerprint density at radius 2 is 1.91 bits per heavy atom. The van der Waals surface area contributed by atoms with Crippen molar-refractivity contribution in [3.05, 3.63) is 70.3 Å². The predicted molar refractivity (Wildman–Crippen MR) is 90.2 cm³/mol. The summed E-state index contributed by atoms with van der Waals surface area (Å²) in [6.45, 7) is 0. The van der Waals surface area contributed by atoms with Gasteiger partial charge in [0.1, 0.15) is 5.82 Å². The number of halogens is 2. The van der Waals surface area contributed by atoms with Crippen LogP contribution in [0.5, 0.6) is 0 Å². The second-order valence-corrected chi connectivity index (χ2v) is 5.70. The minimum absolute atomic E-state index is 0.262. The maximum absolute atomic E-state index is 12.9. The van der Waals surface area contributed by atoms with E-state index in [0.29, 0.717) is 10.2 Å². The van der Waals surface area contributed by atoms with Gasteiger partial charge in [-0.3, -0.25) is 5.43 Å². The number of anilines is 1. The van der Waals surface area contributed by atoms with Crippen molar-refractivity contribution in [1.82, 2.24) is 4.98 Å². The molecule has 0 saturated carbocycles. The summed E-state index contributed by atoms with van der Waals surface area (Å²) in [5.41, 5.74) is 5.33. The fraction of sp³-hybridized carbons (Fsp3) is 0. The minimum Gasteiger partial charge on any atom is -0.253 e. The van der Waals surface area contributed by atoms with E-state index < -0.39 is 0 Å². The van der Waals surface area contributed by atoms with Gasteiger partial charge in [0.15, 0.2) is 0 Å². The molecule has 0 unspecified atom stereocenters. The fourth-order valence-corrected chi connectivity index (χ4v) is 2.67. The molecule has 0 aliphatic rings. The van der Waals surface area contributed by atoms with Crippen molar-refractivity contribution in [2.45, 2.75) is 0 Å². The van der Waals surface area contributed by atoms with Crippen LogP contribution in [0.1, 0.15) is 5.56 Å². The molecule has 0 aliphatic heterocycles. The summed E-state index contributed by atoms with van der Waals surface area (Å²) in [6, 6.07) is 13.7. The van der Waals surface area contributed by atoms with E-state index in [0.717, 1.165) is 16.8 Å². The lowest BCUT2D eigenvalue weighted by Gasteiger charge is -1.97. The van der Waals surface area contributed by atoms with E-state index in [2.05, 4.69) is 15.5 Å². The van der Waals surface area contributed by atoms with Crippen LogP contribution in [0.3, 0.4) is 0 Å². The monoisotopic (exact) mass is 331 g/mol. The van der Waals surface area contributed by atoms with Crippen LogP contribution in [0.25, 0.3) is 11.3 Å². The van der Waals surface area contributed by atoms with Gasteiger partial charge >= 0.3 is 0 Å². The molecule has 1 N–H and O–H groups in total. The van der Waals surface area contributed by atoms with Gasteiger partial charge in [-0.1, -0.05) is 29.8 Å². The minimum atomic E-state index is -0.262.